The van der Waals surface area contributed by atoms with Gasteiger partial charge in [-0.3, -0.25) is 0 Å². The number of hydrogen-bond acceptors (Lipinski definition) is 3. The summed E-state index contributed by atoms with van der Waals surface area (Å²) in [5.74, 6) is 1.49. The Labute approximate surface area is 114 Å². The minimum Gasteiger partial charge on any atom is -0.397 e. The molecule has 0 bridgehead atoms. The molecule has 1 fully saturated rings. The average molecular weight is 268 g/mol. The van der Waals surface area contributed by atoms with Gasteiger partial charge in [0.1, 0.15) is 5.82 Å². The lowest BCUT2D eigenvalue weighted by molar-refractivity contribution is 0.531. The zero-order valence-electron chi connectivity index (χ0n) is 11.2. The van der Waals surface area contributed by atoms with Crippen LogP contribution < -0.4 is 10.6 Å². The van der Waals surface area contributed by atoms with E-state index in [0.29, 0.717) is 22.7 Å². The van der Waals surface area contributed by atoms with E-state index >= 15 is 0 Å². The number of anilines is 2. The lowest BCUT2D eigenvalue weighted by Crippen LogP contribution is -2.37. The molecule has 1 aliphatic carbocycles. The van der Waals surface area contributed by atoms with Crippen LogP contribution in [0.2, 0.25) is 5.02 Å². The first-order chi connectivity index (χ1) is 8.58. The maximum absolute atomic E-state index is 6.30. The minimum absolute atomic E-state index is 0.584. The molecule has 1 aromatic rings. The Morgan fingerprint density at radius 3 is 2.67 bits per heavy atom. The third-order valence-electron chi connectivity index (χ3n) is 3.44. The molecule has 1 heterocycles. The average Bonchev–Trinajstić information content (AvgIpc) is 2.79. The molecular weight excluding hydrogens is 246 g/mol. The van der Waals surface area contributed by atoms with Crippen molar-refractivity contribution in [1.29, 1.82) is 0 Å². The number of pyridine rings is 1. The number of hydrogen-bond donors (Lipinski definition) is 1. The summed E-state index contributed by atoms with van der Waals surface area (Å²) < 4.78 is 0. The van der Waals surface area contributed by atoms with Crippen LogP contribution >= 0.6 is 11.6 Å². The van der Waals surface area contributed by atoms with Crippen LogP contribution in [0.15, 0.2) is 12.3 Å². The summed E-state index contributed by atoms with van der Waals surface area (Å²) in [6.07, 6.45) is 6.81. The molecule has 0 saturated heterocycles. The Morgan fingerprint density at radius 2 is 2.11 bits per heavy atom. The van der Waals surface area contributed by atoms with Gasteiger partial charge in [0.05, 0.1) is 16.9 Å². The van der Waals surface area contributed by atoms with E-state index in [1.165, 1.54) is 25.7 Å². The summed E-state index contributed by atoms with van der Waals surface area (Å²) in [7, 11) is 0. The maximum atomic E-state index is 6.30. The third kappa shape index (κ3) is 3.08. The maximum Gasteiger partial charge on any atom is 0.147 e. The van der Waals surface area contributed by atoms with Gasteiger partial charge in [-0.1, -0.05) is 38.3 Å². The van der Waals surface area contributed by atoms with Gasteiger partial charge in [0.2, 0.25) is 0 Å². The zero-order chi connectivity index (χ0) is 13.1. The Morgan fingerprint density at radius 1 is 1.44 bits per heavy atom. The molecule has 100 valence electrons. The normalized spacial score (nSPS) is 16.4. The van der Waals surface area contributed by atoms with E-state index in [-0.39, 0.29) is 0 Å². The molecule has 4 heteroatoms. The summed E-state index contributed by atoms with van der Waals surface area (Å²) in [6, 6.07) is 2.38. The first-order valence-corrected chi connectivity index (χ1v) is 7.13. The molecule has 1 aromatic heterocycles. The van der Waals surface area contributed by atoms with Gasteiger partial charge in [0.15, 0.2) is 0 Å². The molecule has 0 amide bonds. The molecule has 2 rings (SSSR count). The van der Waals surface area contributed by atoms with Crippen molar-refractivity contribution in [2.24, 2.45) is 5.92 Å². The predicted octanol–water partition coefficient (Wildman–Crippen LogP) is 3.72. The molecule has 0 aromatic carbocycles. The zero-order valence-corrected chi connectivity index (χ0v) is 12.0. The molecule has 1 aliphatic rings. The van der Waals surface area contributed by atoms with Crippen LogP contribution in [0.1, 0.15) is 39.5 Å². The van der Waals surface area contributed by atoms with Crippen LogP contribution in [0.25, 0.3) is 0 Å². The van der Waals surface area contributed by atoms with Gasteiger partial charge in [-0.2, -0.15) is 0 Å². The largest absolute Gasteiger partial charge is 0.397 e. The Kier molecular flexibility index (Phi) is 4.33. The van der Waals surface area contributed by atoms with Crippen LogP contribution in [-0.2, 0) is 0 Å². The fourth-order valence-electron chi connectivity index (χ4n) is 2.67. The van der Waals surface area contributed by atoms with E-state index in [4.69, 9.17) is 17.3 Å². The molecule has 1 saturated carbocycles. The second-order valence-corrected chi connectivity index (χ2v) is 5.97. The van der Waals surface area contributed by atoms with E-state index in [0.717, 1.165) is 12.4 Å². The van der Waals surface area contributed by atoms with Crippen molar-refractivity contribution in [3.63, 3.8) is 0 Å². The smallest absolute Gasteiger partial charge is 0.147 e. The summed E-state index contributed by atoms with van der Waals surface area (Å²) in [4.78, 5) is 6.82. The number of halogens is 1. The molecule has 0 atom stereocenters. The summed E-state index contributed by atoms with van der Waals surface area (Å²) in [6.45, 7) is 5.46. The van der Waals surface area contributed by atoms with Crippen molar-refractivity contribution in [2.45, 2.75) is 45.6 Å². The second-order valence-electron chi connectivity index (χ2n) is 5.56. The van der Waals surface area contributed by atoms with Crippen LogP contribution in [0, 0.1) is 5.92 Å². The topological polar surface area (TPSA) is 42.2 Å². The van der Waals surface area contributed by atoms with Crippen LogP contribution in [0.3, 0.4) is 0 Å². The van der Waals surface area contributed by atoms with E-state index < -0.39 is 0 Å². The summed E-state index contributed by atoms with van der Waals surface area (Å²) >= 11 is 6.30. The summed E-state index contributed by atoms with van der Waals surface area (Å²) in [5.41, 5.74) is 6.34. The van der Waals surface area contributed by atoms with Crippen molar-refractivity contribution >= 4 is 23.1 Å². The van der Waals surface area contributed by atoms with Gasteiger partial charge in [0, 0.05) is 12.6 Å². The quantitative estimate of drug-likeness (QED) is 0.904. The van der Waals surface area contributed by atoms with Gasteiger partial charge in [-0.15, -0.1) is 0 Å². The van der Waals surface area contributed by atoms with E-state index in [2.05, 4.69) is 23.7 Å². The number of nitrogens with zero attached hydrogens (tertiary/aromatic N) is 2. The van der Waals surface area contributed by atoms with Gasteiger partial charge in [-0.05, 0) is 24.8 Å². The Hall–Kier alpha value is -0.960. The van der Waals surface area contributed by atoms with Crippen molar-refractivity contribution in [3.05, 3.63) is 17.3 Å². The van der Waals surface area contributed by atoms with Crippen molar-refractivity contribution < 1.29 is 0 Å². The van der Waals surface area contributed by atoms with Crippen molar-refractivity contribution in [2.75, 3.05) is 17.2 Å². The number of nitrogen functional groups attached to an aromatic ring is 1. The number of nitrogens with two attached hydrogens (primary N) is 1. The molecule has 3 nitrogen and oxygen atoms in total. The highest BCUT2D eigenvalue weighted by Gasteiger charge is 2.25. The van der Waals surface area contributed by atoms with Gasteiger partial charge < -0.3 is 10.6 Å². The molecule has 0 unspecified atom stereocenters. The predicted molar refractivity (Wildman–Crippen MR) is 78.1 cm³/mol. The third-order valence-corrected chi connectivity index (χ3v) is 3.72. The first kappa shape index (κ1) is 13.5. The standard InChI is InChI=1S/C14H22ClN3/c1-10(2)9-18(12-5-3-4-6-12)14-13(15)7-11(16)8-17-14/h7-8,10,12H,3-6,9,16H2,1-2H3. The monoisotopic (exact) mass is 267 g/mol. The van der Waals surface area contributed by atoms with E-state index in [1.807, 2.05) is 0 Å². The molecule has 0 aliphatic heterocycles. The molecule has 18 heavy (non-hydrogen) atoms. The van der Waals surface area contributed by atoms with Gasteiger partial charge >= 0.3 is 0 Å². The number of rotatable bonds is 4. The van der Waals surface area contributed by atoms with Crippen molar-refractivity contribution in [1.82, 2.24) is 4.98 Å². The lowest BCUT2D eigenvalue weighted by Gasteiger charge is -2.32. The van der Waals surface area contributed by atoms with E-state index in [9.17, 15) is 0 Å². The van der Waals surface area contributed by atoms with Crippen LogP contribution in [-0.4, -0.2) is 17.6 Å². The lowest BCUT2D eigenvalue weighted by atomic mass is 10.1. The summed E-state index contributed by atoms with van der Waals surface area (Å²) in [5, 5.41) is 0.669. The highest BCUT2D eigenvalue weighted by molar-refractivity contribution is 6.33. The number of aromatic nitrogens is 1. The molecular formula is C14H22ClN3. The highest BCUT2D eigenvalue weighted by Crippen LogP contribution is 2.32. The highest BCUT2D eigenvalue weighted by atomic mass is 35.5. The fourth-order valence-corrected chi connectivity index (χ4v) is 2.96. The van der Waals surface area contributed by atoms with Crippen LogP contribution in [0.5, 0.6) is 0 Å². The van der Waals surface area contributed by atoms with Gasteiger partial charge in [0.25, 0.3) is 0 Å². The van der Waals surface area contributed by atoms with Crippen molar-refractivity contribution in [3.8, 4) is 0 Å². The van der Waals surface area contributed by atoms with Crippen LogP contribution in [0.4, 0.5) is 11.5 Å². The Bertz CT molecular complexity index is 400. The molecule has 0 radical (unpaired) electrons. The SMILES string of the molecule is CC(C)CN(c1ncc(N)cc1Cl)C1CCCC1. The molecule has 0 spiro atoms. The minimum atomic E-state index is 0.584. The Balaban J connectivity index is 2.26. The second kappa shape index (κ2) is 5.79. The van der Waals surface area contributed by atoms with Gasteiger partial charge in [-0.25, -0.2) is 4.98 Å². The molecule has 2 N–H and O–H groups in total. The van der Waals surface area contributed by atoms with E-state index in [1.54, 1.807) is 12.3 Å². The first-order valence-electron chi connectivity index (χ1n) is 6.75. The fraction of sp³-hybridized carbons (Fsp3) is 0.643.